The summed E-state index contributed by atoms with van der Waals surface area (Å²) in [6.45, 7) is 4.38. The van der Waals surface area contributed by atoms with Gasteiger partial charge in [-0.25, -0.2) is 6.07 Å². The van der Waals surface area contributed by atoms with E-state index in [0.29, 0.717) is 0 Å². The quantitative estimate of drug-likeness (QED) is 0.524. The smallest absolute Gasteiger partial charge is 1.00 e. The standard InChI is InChI=1S/C10H15.2ClH.Zr/c1-3-4-5-10-7-6-9(2)8-10;;;/h6-8H,3-5H2,1-2H3;2*1H;/q-1;;;+3/p-2. The average molecular weight is 297 g/mol. The van der Waals surface area contributed by atoms with Crippen molar-refractivity contribution in [3.05, 3.63) is 29.3 Å². The Morgan fingerprint density at radius 1 is 1.31 bits per heavy atom. The number of rotatable bonds is 3. The van der Waals surface area contributed by atoms with E-state index in [1.807, 2.05) is 0 Å². The van der Waals surface area contributed by atoms with Crippen molar-refractivity contribution in [3.8, 4) is 0 Å². The summed E-state index contributed by atoms with van der Waals surface area (Å²) < 4.78 is 0. The fourth-order valence-corrected chi connectivity index (χ4v) is 1.16. The van der Waals surface area contributed by atoms with Crippen molar-refractivity contribution in [2.75, 3.05) is 0 Å². The number of aryl methyl sites for hydroxylation is 2. The maximum Gasteiger partial charge on any atom is 3.00 e. The summed E-state index contributed by atoms with van der Waals surface area (Å²) in [5.41, 5.74) is 2.89. The van der Waals surface area contributed by atoms with Crippen molar-refractivity contribution in [1.29, 1.82) is 0 Å². The van der Waals surface area contributed by atoms with Gasteiger partial charge >= 0.3 is 26.2 Å². The van der Waals surface area contributed by atoms with Crippen LogP contribution >= 0.6 is 0 Å². The van der Waals surface area contributed by atoms with Crippen LogP contribution in [0.25, 0.3) is 0 Å². The molecule has 0 spiro atoms. The number of unbranched alkanes of at least 4 members (excludes halogenated alkanes) is 1. The Kier molecular flexibility index (Phi) is 16.2. The average Bonchev–Trinajstić information content (AvgIpc) is 2.31. The Balaban J connectivity index is -0.000000333. The van der Waals surface area contributed by atoms with E-state index in [4.69, 9.17) is 0 Å². The van der Waals surface area contributed by atoms with Gasteiger partial charge in [0, 0.05) is 0 Å². The molecule has 1 radical (unpaired) electrons. The first-order valence-corrected chi connectivity index (χ1v) is 4.05. The summed E-state index contributed by atoms with van der Waals surface area (Å²) in [4.78, 5) is 0. The Morgan fingerprint density at radius 2 is 1.92 bits per heavy atom. The Labute approximate surface area is 113 Å². The van der Waals surface area contributed by atoms with Crippen molar-refractivity contribution >= 4 is 0 Å². The molecule has 0 atom stereocenters. The second-order valence-corrected chi connectivity index (χ2v) is 2.90. The third-order valence-corrected chi connectivity index (χ3v) is 1.79. The molecule has 13 heavy (non-hydrogen) atoms. The maximum absolute atomic E-state index is 2.27. The molecular weight excluding hydrogens is 282 g/mol. The Bertz CT molecular complexity index is 197. The van der Waals surface area contributed by atoms with Crippen LogP contribution in [0.15, 0.2) is 18.2 Å². The van der Waals surface area contributed by atoms with Crippen molar-refractivity contribution in [1.82, 2.24) is 0 Å². The van der Waals surface area contributed by atoms with Gasteiger partial charge in [-0.1, -0.05) is 33.1 Å². The molecule has 1 aromatic rings. The minimum atomic E-state index is 0. The number of halogens is 2. The first kappa shape index (κ1) is 19.4. The van der Waals surface area contributed by atoms with E-state index < -0.39 is 0 Å². The molecule has 0 saturated heterocycles. The first-order valence-electron chi connectivity index (χ1n) is 4.05. The fourth-order valence-electron chi connectivity index (χ4n) is 1.16. The predicted octanol–water partition coefficient (Wildman–Crippen LogP) is -2.94. The summed E-state index contributed by atoms with van der Waals surface area (Å²) in [7, 11) is 0. The second-order valence-electron chi connectivity index (χ2n) is 2.90. The minimum absolute atomic E-state index is 0. The molecule has 0 saturated carbocycles. The van der Waals surface area contributed by atoms with E-state index in [1.165, 1.54) is 30.4 Å². The summed E-state index contributed by atoms with van der Waals surface area (Å²) in [6, 6.07) is 6.69. The molecule has 1 aromatic carbocycles. The van der Waals surface area contributed by atoms with E-state index in [0.717, 1.165) is 0 Å². The van der Waals surface area contributed by atoms with Crippen molar-refractivity contribution in [2.24, 2.45) is 0 Å². The minimum Gasteiger partial charge on any atom is -1.00 e. The molecule has 0 unspecified atom stereocenters. The van der Waals surface area contributed by atoms with E-state index in [2.05, 4.69) is 32.0 Å². The van der Waals surface area contributed by atoms with Gasteiger partial charge in [-0.3, -0.25) is 0 Å². The van der Waals surface area contributed by atoms with Crippen LogP contribution in [0.3, 0.4) is 0 Å². The summed E-state index contributed by atoms with van der Waals surface area (Å²) in [5.74, 6) is 0. The maximum atomic E-state index is 2.27. The van der Waals surface area contributed by atoms with Crippen molar-refractivity contribution in [3.63, 3.8) is 0 Å². The molecule has 0 fully saturated rings. The van der Waals surface area contributed by atoms with E-state index in [-0.39, 0.29) is 51.0 Å². The normalized spacial score (nSPS) is 7.85. The molecule has 73 valence electrons. The SMILES string of the molecule is CCCCc1cc[c-](C)c1.[Cl-].[Cl-].[Zr+3]. The van der Waals surface area contributed by atoms with Crippen molar-refractivity contribution < 1.29 is 51.0 Å². The predicted molar refractivity (Wildman–Crippen MR) is 45.4 cm³/mol. The zero-order chi connectivity index (χ0) is 7.40. The first-order chi connectivity index (χ1) is 4.83. The zero-order valence-electron chi connectivity index (χ0n) is 8.11. The molecule has 0 nitrogen and oxygen atoms in total. The van der Waals surface area contributed by atoms with Crippen molar-refractivity contribution in [2.45, 2.75) is 33.1 Å². The van der Waals surface area contributed by atoms with Gasteiger partial charge in [-0.2, -0.15) is 23.3 Å². The molecule has 0 amide bonds. The van der Waals surface area contributed by atoms with Gasteiger partial charge in [-0.05, 0) is 0 Å². The van der Waals surface area contributed by atoms with Crippen LogP contribution in [-0.2, 0) is 32.6 Å². The molecule has 0 N–H and O–H groups in total. The van der Waals surface area contributed by atoms with Gasteiger partial charge in [0.15, 0.2) is 0 Å². The largest absolute Gasteiger partial charge is 3.00 e. The summed E-state index contributed by atoms with van der Waals surface area (Å²) in [6.07, 6.45) is 3.87. The number of hydrogen-bond acceptors (Lipinski definition) is 0. The molecule has 0 heterocycles. The molecule has 0 aliphatic rings. The van der Waals surface area contributed by atoms with Crippen LogP contribution in [0.4, 0.5) is 0 Å². The van der Waals surface area contributed by atoms with Gasteiger partial charge in [0.2, 0.25) is 0 Å². The monoisotopic (exact) mass is 295 g/mol. The molecular formula is C10H15Cl2Zr. The molecule has 3 heteroatoms. The van der Waals surface area contributed by atoms with Gasteiger partial charge < -0.3 is 24.8 Å². The van der Waals surface area contributed by atoms with Crippen LogP contribution < -0.4 is 24.8 Å². The van der Waals surface area contributed by atoms with Crippen LogP contribution in [-0.4, -0.2) is 0 Å². The van der Waals surface area contributed by atoms with Gasteiger partial charge in [0.05, 0.1) is 0 Å². The van der Waals surface area contributed by atoms with E-state index >= 15 is 0 Å². The zero-order valence-corrected chi connectivity index (χ0v) is 12.1. The summed E-state index contributed by atoms with van der Waals surface area (Å²) in [5, 5.41) is 0. The Hall–Kier alpha value is 0.813. The molecule has 0 bridgehead atoms. The topological polar surface area (TPSA) is 0 Å². The summed E-state index contributed by atoms with van der Waals surface area (Å²) >= 11 is 0. The van der Waals surface area contributed by atoms with Crippen LogP contribution in [0.5, 0.6) is 0 Å². The van der Waals surface area contributed by atoms with E-state index in [1.54, 1.807) is 0 Å². The van der Waals surface area contributed by atoms with Crippen LogP contribution in [0, 0.1) is 6.92 Å². The Morgan fingerprint density at radius 3 is 2.31 bits per heavy atom. The number of hydrogen-bond donors (Lipinski definition) is 0. The molecule has 1 rings (SSSR count). The molecule has 0 aliphatic heterocycles. The van der Waals surface area contributed by atoms with E-state index in [9.17, 15) is 0 Å². The van der Waals surface area contributed by atoms with Crippen LogP contribution in [0.2, 0.25) is 0 Å². The van der Waals surface area contributed by atoms with Crippen LogP contribution in [0.1, 0.15) is 30.9 Å². The second kappa shape index (κ2) is 10.9. The van der Waals surface area contributed by atoms with Gasteiger partial charge in [-0.15, -0.1) is 0 Å². The molecule has 0 aliphatic carbocycles. The fraction of sp³-hybridized carbons (Fsp3) is 0.500. The van der Waals surface area contributed by atoms with Gasteiger partial charge in [0.25, 0.3) is 0 Å². The molecule has 0 aromatic heterocycles. The van der Waals surface area contributed by atoms with Gasteiger partial charge in [0.1, 0.15) is 0 Å². The third kappa shape index (κ3) is 7.85. The third-order valence-electron chi connectivity index (χ3n) is 1.79.